The molecule has 1 saturated heterocycles. The van der Waals surface area contributed by atoms with Crippen LogP contribution >= 0.6 is 28.3 Å². The summed E-state index contributed by atoms with van der Waals surface area (Å²) in [5.41, 5.74) is 7.64. The van der Waals surface area contributed by atoms with Gasteiger partial charge in [-0.2, -0.15) is 0 Å². The van der Waals surface area contributed by atoms with E-state index in [1.165, 1.54) is 0 Å². The monoisotopic (exact) mass is 424 g/mol. The maximum atomic E-state index is 12.8. The standard InChI is InChI=1S/C19H21BrN2O2.ClH/c20-15-6-3-5-14(11-15)13-24-18-9-2-1-8-17(18)19(23)22-10-4-7-16(21)12-22;/h1-3,5-6,8-9,11,16H,4,7,10,12-13,21H2;1H. The van der Waals surface area contributed by atoms with Crippen LogP contribution in [-0.2, 0) is 6.61 Å². The number of benzene rings is 2. The van der Waals surface area contributed by atoms with E-state index in [1.54, 1.807) is 0 Å². The van der Waals surface area contributed by atoms with Crippen LogP contribution in [0.25, 0.3) is 0 Å². The van der Waals surface area contributed by atoms with Crippen LogP contribution in [0.5, 0.6) is 5.75 Å². The molecule has 1 aliphatic heterocycles. The number of nitrogens with zero attached hydrogens (tertiary/aromatic N) is 1. The molecule has 1 heterocycles. The number of ether oxygens (including phenoxy) is 1. The summed E-state index contributed by atoms with van der Waals surface area (Å²) in [4.78, 5) is 14.6. The molecule has 1 atom stereocenters. The molecular formula is C19H22BrClN2O2. The highest BCUT2D eigenvalue weighted by molar-refractivity contribution is 9.10. The van der Waals surface area contributed by atoms with Crippen LogP contribution in [0.3, 0.4) is 0 Å². The summed E-state index contributed by atoms with van der Waals surface area (Å²) in [6, 6.07) is 15.4. The first-order chi connectivity index (χ1) is 11.6. The Morgan fingerprint density at radius 2 is 2.04 bits per heavy atom. The minimum atomic E-state index is -0.00464. The summed E-state index contributed by atoms with van der Waals surface area (Å²) in [6.45, 7) is 1.79. The topological polar surface area (TPSA) is 55.6 Å². The van der Waals surface area contributed by atoms with E-state index in [9.17, 15) is 4.79 Å². The van der Waals surface area contributed by atoms with Gasteiger partial charge in [0, 0.05) is 23.6 Å². The lowest BCUT2D eigenvalue weighted by Crippen LogP contribution is -2.45. The second-order valence-corrected chi connectivity index (χ2v) is 6.98. The van der Waals surface area contributed by atoms with Crippen molar-refractivity contribution in [1.82, 2.24) is 4.90 Å². The fourth-order valence-electron chi connectivity index (χ4n) is 2.92. The maximum absolute atomic E-state index is 12.8. The lowest BCUT2D eigenvalue weighted by molar-refractivity contribution is 0.0704. The van der Waals surface area contributed by atoms with Crippen LogP contribution in [0, 0.1) is 0 Å². The van der Waals surface area contributed by atoms with Gasteiger partial charge in [-0.3, -0.25) is 4.79 Å². The summed E-state index contributed by atoms with van der Waals surface area (Å²) in [5.74, 6) is 0.608. The van der Waals surface area contributed by atoms with Gasteiger partial charge in [0.2, 0.25) is 0 Å². The van der Waals surface area contributed by atoms with Crippen LogP contribution in [0.2, 0.25) is 0 Å². The first-order valence-corrected chi connectivity index (χ1v) is 8.94. The summed E-state index contributed by atoms with van der Waals surface area (Å²) in [5, 5.41) is 0. The van der Waals surface area contributed by atoms with Gasteiger partial charge in [0.05, 0.1) is 5.56 Å². The molecule has 25 heavy (non-hydrogen) atoms. The molecule has 2 aromatic rings. The van der Waals surface area contributed by atoms with Crippen LogP contribution in [0.15, 0.2) is 53.0 Å². The highest BCUT2D eigenvalue weighted by Crippen LogP contribution is 2.23. The number of hydrogen-bond acceptors (Lipinski definition) is 3. The first kappa shape index (κ1) is 19.8. The van der Waals surface area contributed by atoms with Gasteiger partial charge in [0.15, 0.2) is 0 Å². The molecule has 4 nitrogen and oxygen atoms in total. The van der Waals surface area contributed by atoms with E-state index in [2.05, 4.69) is 15.9 Å². The lowest BCUT2D eigenvalue weighted by Gasteiger charge is -2.31. The number of halogens is 2. The summed E-state index contributed by atoms with van der Waals surface area (Å²) < 4.78 is 6.93. The van der Waals surface area contributed by atoms with Gasteiger partial charge >= 0.3 is 0 Å². The van der Waals surface area contributed by atoms with Gasteiger partial charge in [-0.1, -0.05) is 40.2 Å². The molecule has 1 aliphatic rings. The van der Waals surface area contributed by atoms with Crippen LogP contribution in [0.4, 0.5) is 0 Å². The number of para-hydroxylation sites is 1. The molecule has 0 saturated carbocycles. The molecule has 0 bridgehead atoms. The predicted molar refractivity (Wildman–Crippen MR) is 105 cm³/mol. The molecule has 134 valence electrons. The van der Waals surface area contributed by atoms with Gasteiger partial charge < -0.3 is 15.4 Å². The molecule has 0 aliphatic carbocycles. The maximum Gasteiger partial charge on any atom is 0.257 e. The second kappa shape index (κ2) is 9.22. The Kier molecular flexibility index (Phi) is 7.29. The third kappa shape index (κ3) is 5.21. The van der Waals surface area contributed by atoms with Crippen molar-refractivity contribution in [1.29, 1.82) is 0 Å². The Hall–Kier alpha value is -1.56. The van der Waals surface area contributed by atoms with Gasteiger partial charge in [0.25, 0.3) is 5.91 Å². The van der Waals surface area contributed by atoms with Crippen molar-refractivity contribution in [3.8, 4) is 5.75 Å². The fourth-order valence-corrected chi connectivity index (χ4v) is 3.37. The SMILES string of the molecule is Cl.NC1CCCN(C(=O)c2ccccc2OCc2cccc(Br)c2)C1. The van der Waals surface area contributed by atoms with E-state index < -0.39 is 0 Å². The molecule has 2 aromatic carbocycles. The normalized spacial score (nSPS) is 16.9. The Morgan fingerprint density at radius 3 is 2.80 bits per heavy atom. The molecule has 1 amide bonds. The van der Waals surface area contributed by atoms with Crippen molar-refractivity contribution >= 4 is 34.2 Å². The Morgan fingerprint density at radius 1 is 1.24 bits per heavy atom. The Balaban J connectivity index is 0.00000225. The van der Waals surface area contributed by atoms with Crippen molar-refractivity contribution < 1.29 is 9.53 Å². The Bertz CT molecular complexity index is 726. The third-order valence-corrected chi connectivity index (χ3v) is 4.64. The van der Waals surface area contributed by atoms with E-state index in [4.69, 9.17) is 10.5 Å². The van der Waals surface area contributed by atoms with E-state index in [-0.39, 0.29) is 24.4 Å². The first-order valence-electron chi connectivity index (χ1n) is 8.14. The number of carbonyl (C=O) groups is 1. The summed E-state index contributed by atoms with van der Waals surface area (Å²) >= 11 is 3.46. The number of rotatable bonds is 4. The van der Waals surface area contributed by atoms with Gasteiger partial charge in [-0.05, 0) is 42.7 Å². The number of nitrogens with two attached hydrogens (primary N) is 1. The van der Waals surface area contributed by atoms with Crippen LogP contribution < -0.4 is 10.5 Å². The van der Waals surface area contributed by atoms with E-state index in [0.717, 1.165) is 29.4 Å². The summed E-state index contributed by atoms with van der Waals surface area (Å²) in [6.07, 6.45) is 1.93. The minimum absolute atomic E-state index is 0. The smallest absolute Gasteiger partial charge is 0.257 e. The number of carbonyl (C=O) groups excluding carboxylic acids is 1. The quantitative estimate of drug-likeness (QED) is 0.805. The number of likely N-dealkylation sites (tertiary alicyclic amines) is 1. The third-order valence-electron chi connectivity index (χ3n) is 4.15. The molecule has 1 fully saturated rings. The average molecular weight is 426 g/mol. The van der Waals surface area contributed by atoms with Crippen molar-refractivity contribution in [2.45, 2.75) is 25.5 Å². The number of hydrogen-bond donors (Lipinski definition) is 1. The van der Waals surface area contributed by atoms with E-state index >= 15 is 0 Å². The molecular weight excluding hydrogens is 404 g/mol. The summed E-state index contributed by atoms with van der Waals surface area (Å²) in [7, 11) is 0. The van der Waals surface area contributed by atoms with E-state index in [1.807, 2.05) is 53.4 Å². The lowest BCUT2D eigenvalue weighted by atomic mass is 10.0. The number of amides is 1. The van der Waals surface area contributed by atoms with Gasteiger partial charge in [0.1, 0.15) is 12.4 Å². The van der Waals surface area contributed by atoms with Crippen LogP contribution in [-0.4, -0.2) is 29.9 Å². The highest BCUT2D eigenvalue weighted by atomic mass is 79.9. The van der Waals surface area contributed by atoms with Crippen molar-refractivity contribution in [3.05, 3.63) is 64.1 Å². The molecule has 0 spiro atoms. The molecule has 6 heteroatoms. The fraction of sp³-hybridized carbons (Fsp3) is 0.316. The van der Waals surface area contributed by atoms with Crippen LogP contribution in [0.1, 0.15) is 28.8 Å². The predicted octanol–water partition coefficient (Wildman–Crippen LogP) is 4.01. The minimum Gasteiger partial charge on any atom is -0.488 e. The zero-order valence-electron chi connectivity index (χ0n) is 13.9. The number of piperidine rings is 1. The Labute approximate surface area is 162 Å². The zero-order chi connectivity index (χ0) is 16.9. The molecule has 1 unspecified atom stereocenters. The molecule has 2 N–H and O–H groups in total. The van der Waals surface area contributed by atoms with Crippen molar-refractivity contribution in [2.24, 2.45) is 5.73 Å². The van der Waals surface area contributed by atoms with Gasteiger partial charge in [-0.25, -0.2) is 0 Å². The zero-order valence-corrected chi connectivity index (χ0v) is 16.3. The second-order valence-electron chi connectivity index (χ2n) is 6.07. The molecule has 3 rings (SSSR count). The average Bonchev–Trinajstić information content (AvgIpc) is 2.60. The molecule has 0 radical (unpaired) electrons. The van der Waals surface area contributed by atoms with Gasteiger partial charge in [-0.15, -0.1) is 12.4 Å². The van der Waals surface area contributed by atoms with Crippen molar-refractivity contribution in [2.75, 3.05) is 13.1 Å². The van der Waals surface area contributed by atoms with E-state index in [0.29, 0.717) is 24.5 Å². The molecule has 0 aromatic heterocycles. The largest absolute Gasteiger partial charge is 0.488 e. The highest BCUT2D eigenvalue weighted by Gasteiger charge is 2.24. The van der Waals surface area contributed by atoms with Crippen molar-refractivity contribution in [3.63, 3.8) is 0 Å².